The van der Waals surface area contributed by atoms with Gasteiger partial charge in [0.05, 0.1) is 22.8 Å². The lowest BCUT2D eigenvalue weighted by atomic mass is 10.1. The van der Waals surface area contributed by atoms with Gasteiger partial charge in [-0.3, -0.25) is 10.1 Å². The fraction of sp³-hybridized carbons (Fsp3) is 0.222. The van der Waals surface area contributed by atoms with Crippen LogP contribution in [0.5, 0.6) is 0 Å². The van der Waals surface area contributed by atoms with Gasteiger partial charge in [-0.05, 0) is 13.0 Å². The van der Waals surface area contributed by atoms with Crippen LogP contribution in [0.15, 0.2) is 18.2 Å². The summed E-state index contributed by atoms with van der Waals surface area (Å²) < 4.78 is 4.72. The van der Waals surface area contributed by atoms with E-state index in [0.29, 0.717) is 0 Å². The van der Waals surface area contributed by atoms with Gasteiger partial charge in [-0.15, -0.1) is 12.4 Å². The number of ether oxygens (including phenoxy) is 1. The third-order valence-electron chi connectivity index (χ3n) is 1.74. The largest absolute Gasteiger partial charge is 0.462 e. The van der Waals surface area contributed by atoms with Crippen molar-refractivity contribution in [3.8, 4) is 0 Å². The molecule has 0 saturated heterocycles. The first-order chi connectivity index (χ1) is 7.06. The summed E-state index contributed by atoms with van der Waals surface area (Å²) in [6, 6.07) is 3.63. The van der Waals surface area contributed by atoms with E-state index in [1.165, 1.54) is 12.1 Å². The second-order valence-electron chi connectivity index (χ2n) is 2.75. The molecule has 7 heteroatoms. The number of hydrogen-bond donors (Lipinski definition) is 1. The predicted octanol–water partition coefficient (Wildman–Crippen LogP) is 1.78. The van der Waals surface area contributed by atoms with Crippen LogP contribution >= 0.6 is 12.4 Å². The molecule has 0 saturated carbocycles. The maximum atomic E-state index is 11.3. The lowest BCUT2D eigenvalue weighted by Crippen LogP contribution is -2.08. The van der Waals surface area contributed by atoms with Crippen LogP contribution in [0.25, 0.3) is 0 Å². The van der Waals surface area contributed by atoms with Crippen LogP contribution in [0.4, 0.5) is 11.4 Å². The number of nitrogens with zero attached hydrogens (tertiary/aromatic N) is 1. The minimum Gasteiger partial charge on any atom is -0.462 e. The summed E-state index contributed by atoms with van der Waals surface area (Å²) in [5.41, 5.74) is 5.52. The molecule has 0 heterocycles. The molecule has 0 bridgehead atoms. The zero-order valence-electron chi connectivity index (χ0n) is 8.50. The molecule has 1 aromatic rings. The average Bonchev–Trinajstić information content (AvgIpc) is 2.17. The van der Waals surface area contributed by atoms with Gasteiger partial charge in [-0.1, -0.05) is 0 Å². The van der Waals surface area contributed by atoms with Gasteiger partial charge in [0.25, 0.3) is 5.69 Å². The molecule has 0 amide bonds. The van der Waals surface area contributed by atoms with E-state index in [1.54, 1.807) is 6.92 Å². The Morgan fingerprint density at radius 1 is 1.56 bits per heavy atom. The van der Waals surface area contributed by atoms with Gasteiger partial charge < -0.3 is 10.5 Å². The zero-order valence-corrected chi connectivity index (χ0v) is 9.32. The molecule has 0 aliphatic heterocycles. The fourth-order valence-corrected chi connectivity index (χ4v) is 1.06. The van der Waals surface area contributed by atoms with E-state index in [-0.39, 0.29) is 36.0 Å². The van der Waals surface area contributed by atoms with Crippen molar-refractivity contribution in [3.05, 3.63) is 33.9 Å². The maximum Gasteiger partial charge on any atom is 0.340 e. The highest BCUT2D eigenvalue weighted by Crippen LogP contribution is 2.20. The molecule has 6 nitrogen and oxygen atoms in total. The number of carbonyl (C=O) groups excluding carboxylic acids is 1. The van der Waals surface area contributed by atoms with Crippen molar-refractivity contribution < 1.29 is 14.5 Å². The lowest BCUT2D eigenvalue weighted by Gasteiger charge is -2.04. The summed E-state index contributed by atoms with van der Waals surface area (Å²) in [4.78, 5) is 21.1. The van der Waals surface area contributed by atoms with Crippen molar-refractivity contribution >= 4 is 29.8 Å². The Morgan fingerprint density at radius 2 is 2.19 bits per heavy atom. The van der Waals surface area contributed by atoms with E-state index >= 15 is 0 Å². The van der Waals surface area contributed by atoms with Gasteiger partial charge in [0.15, 0.2) is 0 Å². The summed E-state index contributed by atoms with van der Waals surface area (Å²) in [5, 5.41) is 10.4. The number of halogens is 1. The molecule has 16 heavy (non-hydrogen) atoms. The third-order valence-corrected chi connectivity index (χ3v) is 1.74. The van der Waals surface area contributed by atoms with Crippen LogP contribution in [0.2, 0.25) is 0 Å². The second kappa shape index (κ2) is 5.92. The number of hydrogen-bond acceptors (Lipinski definition) is 5. The molecular weight excluding hydrogens is 236 g/mol. The third kappa shape index (κ3) is 3.09. The Balaban J connectivity index is 0.00000225. The Morgan fingerprint density at radius 3 is 2.62 bits per heavy atom. The predicted molar refractivity (Wildman–Crippen MR) is 60.7 cm³/mol. The first-order valence-electron chi connectivity index (χ1n) is 4.27. The molecule has 88 valence electrons. The number of rotatable bonds is 3. The Kier molecular flexibility index (Phi) is 5.24. The topological polar surface area (TPSA) is 95.5 Å². The smallest absolute Gasteiger partial charge is 0.340 e. The molecule has 0 unspecified atom stereocenters. The monoisotopic (exact) mass is 246 g/mol. The van der Waals surface area contributed by atoms with Crippen LogP contribution in [0.3, 0.4) is 0 Å². The summed E-state index contributed by atoms with van der Waals surface area (Å²) >= 11 is 0. The van der Waals surface area contributed by atoms with Crippen LogP contribution in [-0.4, -0.2) is 17.5 Å². The molecule has 0 radical (unpaired) electrons. The molecule has 0 fully saturated rings. The summed E-state index contributed by atoms with van der Waals surface area (Å²) in [7, 11) is 0. The number of esters is 1. The number of benzene rings is 1. The first kappa shape index (κ1) is 14.2. The molecule has 1 aromatic carbocycles. The van der Waals surface area contributed by atoms with Gasteiger partial charge >= 0.3 is 5.97 Å². The molecule has 0 spiro atoms. The molecule has 0 aliphatic rings. The molecular formula is C9H11ClN2O4. The van der Waals surface area contributed by atoms with Crippen molar-refractivity contribution in [1.82, 2.24) is 0 Å². The summed E-state index contributed by atoms with van der Waals surface area (Å²) in [6.45, 7) is 1.90. The number of nitro groups is 1. The molecule has 1 rings (SSSR count). The maximum absolute atomic E-state index is 11.3. The number of anilines is 1. The fourth-order valence-electron chi connectivity index (χ4n) is 1.06. The van der Waals surface area contributed by atoms with E-state index in [1.807, 2.05) is 0 Å². The first-order valence-corrected chi connectivity index (χ1v) is 4.27. The van der Waals surface area contributed by atoms with Crippen molar-refractivity contribution in [3.63, 3.8) is 0 Å². The normalized spacial score (nSPS) is 9.06. The Bertz CT molecular complexity index is 408. The summed E-state index contributed by atoms with van der Waals surface area (Å²) in [5.74, 6) is -0.579. The van der Waals surface area contributed by atoms with E-state index in [2.05, 4.69) is 0 Å². The average molecular weight is 247 g/mol. The number of nitrogens with two attached hydrogens (primary N) is 1. The highest BCUT2D eigenvalue weighted by atomic mass is 35.5. The SMILES string of the molecule is CCOC(=O)c1ccc([N+](=O)[O-])cc1N.Cl. The minimum absolute atomic E-state index is 0. The van der Waals surface area contributed by atoms with Gasteiger partial charge in [-0.25, -0.2) is 4.79 Å². The van der Waals surface area contributed by atoms with Crippen molar-refractivity contribution in [2.75, 3.05) is 12.3 Å². The molecule has 0 aromatic heterocycles. The lowest BCUT2D eigenvalue weighted by molar-refractivity contribution is -0.384. The highest BCUT2D eigenvalue weighted by Gasteiger charge is 2.14. The number of carbonyl (C=O) groups is 1. The van der Waals surface area contributed by atoms with Gasteiger partial charge in [-0.2, -0.15) is 0 Å². The van der Waals surface area contributed by atoms with Crippen LogP contribution in [0, 0.1) is 10.1 Å². The quantitative estimate of drug-likeness (QED) is 0.380. The second-order valence-corrected chi connectivity index (χ2v) is 2.75. The highest BCUT2D eigenvalue weighted by molar-refractivity contribution is 5.95. The molecule has 0 atom stereocenters. The van der Waals surface area contributed by atoms with Crippen molar-refractivity contribution in [1.29, 1.82) is 0 Å². The van der Waals surface area contributed by atoms with E-state index < -0.39 is 10.9 Å². The van der Waals surface area contributed by atoms with Gasteiger partial charge in [0.2, 0.25) is 0 Å². The zero-order chi connectivity index (χ0) is 11.4. The minimum atomic E-state index is -0.579. The standard InChI is InChI=1S/C9H10N2O4.ClH/c1-2-15-9(12)7-4-3-6(11(13)14)5-8(7)10;/h3-5H,2,10H2,1H3;1H. The van der Waals surface area contributed by atoms with Gasteiger partial charge in [0, 0.05) is 12.1 Å². The van der Waals surface area contributed by atoms with Gasteiger partial charge in [0.1, 0.15) is 0 Å². The Labute approximate surface area is 97.9 Å². The van der Waals surface area contributed by atoms with Crippen LogP contribution < -0.4 is 5.73 Å². The molecule has 0 aliphatic carbocycles. The van der Waals surface area contributed by atoms with Crippen LogP contribution in [-0.2, 0) is 4.74 Å². The van der Waals surface area contributed by atoms with E-state index in [0.717, 1.165) is 6.07 Å². The van der Waals surface area contributed by atoms with E-state index in [4.69, 9.17) is 10.5 Å². The number of nitro benzene ring substituents is 1. The number of nitrogen functional groups attached to an aromatic ring is 1. The van der Waals surface area contributed by atoms with Crippen molar-refractivity contribution in [2.45, 2.75) is 6.92 Å². The number of non-ortho nitro benzene ring substituents is 1. The van der Waals surface area contributed by atoms with Crippen molar-refractivity contribution in [2.24, 2.45) is 0 Å². The van der Waals surface area contributed by atoms with E-state index in [9.17, 15) is 14.9 Å². The molecule has 2 N–H and O–H groups in total. The Hall–Kier alpha value is -1.82. The van der Waals surface area contributed by atoms with Crippen LogP contribution in [0.1, 0.15) is 17.3 Å². The summed E-state index contributed by atoms with van der Waals surface area (Å²) in [6.07, 6.45) is 0.